The Morgan fingerprint density at radius 2 is 1.66 bits per heavy atom. The molecule has 0 fully saturated rings. The molecule has 0 radical (unpaired) electrons. The zero-order valence-electron chi connectivity index (χ0n) is 20.5. The number of anilines is 2. The number of aromatic nitrogens is 1. The summed E-state index contributed by atoms with van der Waals surface area (Å²) in [6, 6.07) is 26.2. The molecule has 4 aromatic rings. The van der Waals surface area contributed by atoms with E-state index in [9.17, 15) is 4.79 Å². The highest BCUT2D eigenvalue weighted by Gasteiger charge is 2.16. The standard InChI is InChI=1S/C29H30N4OS/c1-20-10-14-23(15-11-20)26-27(31-25(34)18-21-8-6-5-7-9-21)35-28(32-26)33-30-19-22-12-16-24(17-13-22)29(2,3)4/h5-17,19H,18H2,1-4H3,(H,31,34)(H,32,33). The molecule has 0 aliphatic heterocycles. The normalized spacial score (nSPS) is 11.5. The van der Waals surface area contributed by atoms with Gasteiger partial charge in [-0.3, -0.25) is 10.2 Å². The van der Waals surface area contributed by atoms with Crippen molar-refractivity contribution in [2.45, 2.75) is 39.5 Å². The molecule has 0 aliphatic carbocycles. The van der Waals surface area contributed by atoms with Crippen molar-refractivity contribution in [2.24, 2.45) is 5.10 Å². The summed E-state index contributed by atoms with van der Waals surface area (Å²) in [5.41, 5.74) is 9.22. The lowest BCUT2D eigenvalue weighted by Crippen LogP contribution is -2.14. The summed E-state index contributed by atoms with van der Waals surface area (Å²) in [5, 5.41) is 8.72. The predicted molar refractivity (Wildman–Crippen MR) is 147 cm³/mol. The Labute approximate surface area is 211 Å². The number of hydrazone groups is 1. The summed E-state index contributed by atoms with van der Waals surface area (Å²) < 4.78 is 0. The van der Waals surface area contributed by atoms with Gasteiger partial charge in [-0.15, -0.1) is 0 Å². The molecule has 6 heteroatoms. The van der Waals surface area contributed by atoms with E-state index in [-0.39, 0.29) is 11.3 Å². The Balaban J connectivity index is 1.52. The maximum Gasteiger partial charge on any atom is 0.229 e. The summed E-state index contributed by atoms with van der Waals surface area (Å²) in [6.45, 7) is 8.63. The van der Waals surface area contributed by atoms with Crippen LogP contribution in [-0.4, -0.2) is 17.1 Å². The van der Waals surface area contributed by atoms with Crippen LogP contribution in [0.3, 0.4) is 0 Å². The van der Waals surface area contributed by atoms with Crippen molar-refractivity contribution in [3.63, 3.8) is 0 Å². The van der Waals surface area contributed by atoms with E-state index in [0.29, 0.717) is 16.6 Å². The van der Waals surface area contributed by atoms with Crippen LogP contribution >= 0.6 is 11.3 Å². The van der Waals surface area contributed by atoms with Gasteiger partial charge in [0.25, 0.3) is 0 Å². The maximum atomic E-state index is 12.7. The maximum absolute atomic E-state index is 12.7. The highest BCUT2D eigenvalue weighted by atomic mass is 32.1. The van der Waals surface area contributed by atoms with Gasteiger partial charge in [0.15, 0.2) is 0 Å². The molecule has 0 saturated heterocycles. The Morgan fingerprint density at radius 1 is 0.971 bits per heavy atom. The first-order valence-corrected chi connectivity index (χ1v) is 12.4. The number of carbonyl (C=O) groups is 1. The molecule has 1 amide bonds. The summed E-state index contributed by atoms with van der Waals surface area (Å²) >= 11 is 1.37. The van der Waals surface area contributed by atoms with E-state index in [0.717, 1.165) is 22.4 Å². The van der Waals surface area contributed by atoms with E-state index >= 15 is 0 Å². The minimum absolute atomic E-state index is 0.0813. The molecule has 1 aromatic heterocycles. The molecule has 3 aromatic carbocycles. The second-order valence-electron chi connectivity index (χ2n) is 9.52. The third kappa shape index (κ3) is 6.64. The van der Waals surface area contributed by atoms with Crippen molar-refractivity contribution in [2.75, 3.05) is 10.7 Å². The summed E-state index contributed by atoms with van der Waals surface area (Å²) in [4.78, 5) is 17.5. The number of rotatable bonds is 7. The zero-order valence-corrected chi connectivity index (χ0v) is 21.3. The van der Waals surface area contributed by atoms with Crippen LogP contribution in [0.5, 0.6) is 0 Å². The molecular weight excluding hydrogens is 452 g/mol. The van der Waals surface area contributed by atoms with Gasteiger partial charge in [-0.2, -0.15) is 5.10 Å². The van der Waals surface area contributed by atoms with Gasteiger partial charge in [0.1, 0.15) is 10.7 Å². The number of thiazole rings is 1. The first kappa shape index (κ1) is 24.4. The molecule has 0 aliphatic rings. The van der Waals surface area contributed by atoms with E-state index in [1.807, 2.05) is 61.5 Å². The molecule has 0 saturated carbocycles. The summed E-state index contributed by atoms with van der Waals surface area (Å²) in [6.07, 6.45) is 2.07. The van der Waals surface area contributed by atoms with Gasteiger partial charge < -0.3 is 5.32 Å². The van der Waals surface area contributed by atoms with Gasteiger partial charge in [0.05, 0.1) is 12.6 Å². The molecule has 0 atom stereocenters. The quantitative estimate of drug-likeness (QED) is 0.219. The molecule has 178 valence electrons. The third-order valence-corrected chi connectivity index (χ3v) is 6.44. The van der Waals surface area contributed by atoms with Crippen molar-refractivity contribution >= 4 is 33.6 Å². The Morgan fingerprint density at radius 3 is 2.31 bits per heavy atom. The van der Waals surface area contributed by atoms with Crippen LogP contribution in [0.15, 0.2) is 84.0 Å². The van der Waals surface area contributed by atoms with E-state index < -0.39 is 0 Å². The molecule has 2 N–H and O–H groups in total. The van der Waals surface area contributed by atoms with Gasteiger partial charge in [-0.1, -0.05) is 117 Å². The van der Waals surface area contributed by atoms with E-state index in [1.54, 1.807) is 6.21 Å². The molecule has 4 rings (SSSR count). The lowest BCUT2D eigenvalue weighted by Gasteiger charge is -2.18. The average molecular weight is 483 g/mol. The van der Waals surface area contributed by atoms with Gasteiger partial charge in [-0.05, 0) is 29.0 Å². The van der Waals surface area contributed by atoms with Crippen LogP contribution < -0.4 is 10.7 Å². The minimum Gasteiger partial charge on any atom is -0.316 e. The molecule has 0 spiro atoms. The average Bonchev–Trinajstić information content (AvgIpc) is 3.22. The van der Waals surface area contributed by atoms with E-state index in [4.69, 9.17) is 4.98 Å². The first-order valence-electron chi connectivity index (χ1n) is 11.6. The number of nitrogens with one attached hydrogen (secondary N) is 2. The minimum atomic E-state index is -0.0813. The monoisotopic (exact) mass is 482 g/mol. The van der Waals surface area contributed by atoms with E-state index in [2.05, 4.69) is 60.9 Å². The lowest BCUT2D eigenvalue weighted by atomic mass is 9.87. The number of benzene rings is 3. The highest BCUT2D eigenvalue weighted by Crippen LogP contribution is 2.36. The van der Waals surface area contributed by atoms with Gasteiger partial charge >= 0.3 is 0 Å². The summed E-state index contributed by atoms with van der Waals surface area (Å²) in [7, 11) is 0. The van der Waals surface area contributed by atoms with Gasteiger partial charge in [0, 0.05) is 5.56 Å². The van der Waals surface area contributed by atoms with Crippen LogP contribution in [0.1, 0.15) is 43.0 Å². The number of nitrogens with zero attached hydrogens (tertiary/aromatic N) is 2. The molecule has 5 nitrogen and oxygen atoms in total. The molecular formula is C29H30N4OS. The number of amides is 1. The SMILES string of the molecule is Cc1ccc(-c2nc(NN=Cc3ccc(C(C)(C)C)cc3)sc2NC(=O)Cc2ccccc2)cc1. The van der Waals surface area contributed by atoms with Crippen LogP contribution in [0.4, 0.5) is 10.1 Å². The second kappa shape index (κ2) is 10.7. The molecule has 35 heavy (non-hydrogen) atoms. The van der Waals surface area contributed by atoms with Crippen LogP contribution in [0.2, 0.25) is 0 Å². The fourth-order valence-electron chi connectivity index (χ4n) is 3.54. The number of carbonyl (C=O) groups excluding carboxylic acids is 1. The van der Waals surface area contributed by atoms with Gasteiger partial charge in [0.2, 0.25) is 11.0 Å². The largest absolute Gasteiger partial charge is 0.316 e. The van der Waals surface area contributed by atoms with Crippen molar-refractivity contribution < 1.29 is 4.79 Å². The predicted octanol–water partition coefficient (Wildman–Crippen LogP) is 7.04. The molecule has 1 heterocycles. The van der Waals surface area contributed by atoms with Crippen molar-refractivity contribution in [3.8, 4) is 11.3 Å². The third-order valence-electron chi connectivity index (χ3n) is 5.56. The van der Waals surface area contributed by atoms with Gasteiger partial charge in [-0.25, -0.2) is 4.98 Å². The number of hydrogen-bond donors (Lipinski definition) is 2. The number of aryl methyl sites for hydroxylation is 1. The van der Waals surface area contributed by atoms with E-state index in [1.165, 1.54) is 22.5 Å². The number of hydrogen-bond acceptors (Lipinski definition) is 5. The Hall–Kier alpha value is -3.77. The highest BCUT2D eigenvalue weighted by molar-refractivity contribution is 7.20. The summed E-state index contributed by atoms with van der Waals surface area (Å²) in [5.74, 6) is -0.0813. The van der Waals surface area contributed by atoms with Crippen LogP contribution in [-0.2, 0) is 16.6 Å². The molecule has 0 bridgehead atoms. The van der Waals surface area contributed by atoms with Crippen LogP contribution in [0, 0.1) is 6.92 Å². The van der Waals surface area contributed by atoms with Crippen molar-refractivity contribution in [3.05, 3.63) is 101 Å². The smallest absolute Gasteiger partial charge is 0.229 e. The fourth-order valence-corrected chi connectivity index (χ4v) is 4.40. The fraction of sp³-hybridized carbons (Fsp3) is 0.207. The molecule has 0 unspecified atom stereocenters. The Kier molecular flexibility index (Phi) is 7.42. The Bertz CT molecular complexity index is 1300. The lowest BCUT2D eigenvalue weighted by molar-refractivity contribution is -0.115. The topological polar surface area (TPSA) is 66.4 Å². The van der Waals surface area contributed by atoms with Crippen molar-refractivity contribution in [1.82, 2.24) is 4.98 Å². The van der Waals surface area contributed by atoms with Crippen molar-refractivity contribution in [1.29, 1.82) is 0 Å². The van der Waals surface area contributed by atoms with Crippen LogP contribution in [0.25, 0.3) is 11.3 Å². The second-order valence-corrected chi connectivity index (χ2v) is 10.5. The zero-order chi connectivity index (χ0) is 24.8. The first-order chi connectivity index (χ1) is 16.8.